The molecule has 0 fully saturated rings. The van der Waals surface area contributed by atoms with Crippen molar-refractivity contribution in [3.63, 3.8) is 0 Å². The molecule has 2 aromatic heterocycles. The molecule has 146 valence electrons. The van der Waals surface area contributed by atoms with E-state index in [1.54, 1.807) is 0 Å². The standard InChI is InChI=1S/C22H32N4S/c1-3-4-5-7-14-19-25-20-21(26(19)15-10-6-11-16-27-2)17-12-8-9-13-18(17)24-22(20)23/h8-9,12-13H,3-7,10-11,14-16H2,1-2H3,(H2,23,24). The van der Waals surface area contributed by atoms with Crippen molar-refractivity contribution in [1.82, 2.24) is 14.5 Å². The number of benzene rings is 1. The summed E-state index contributed by atoms with van der Waals surface area (Å²) in [6.45, 7) is 3.27. The van der Waals surface area contributed by atoms with Crippen molar-refractivity contribution < 1.29 is 0 Å². The number of aromatic nitrogens is 3. The highest BCUT2D eigenvalue weighted by Gasteiger charge is 2.16. The Hall–Kier alpha value is -1.75. The van der Waals surface area contributed by atoms with Crippen LogP contribution in [0.25, 0.3) is 21.9 Å². The molecule has 0 atom stereocenters. The van der Waals surface area contributed by atoms with Crippen molar-refractivity contribution in [2.24, 2.45) is 0 Å². The fraction of sp³-hybridized carbons (Fsp3) is 0.545. The average molecular weight is 385 g/mol. The van der Waals surface area contributed by atoms with Gasteiger partial charge in [0.05, 0.1) is 11.0 Å². The molecular weight excluding hydrogens is 352 g/mol. The summed E-state index contributed by atoms with van der Waals surface area (Å²) in [7, 11) is 0. The predicted octanol–water partition coefficient (Wildman–Crippen LogP) is 5.82. The third-order valence-electron chi connectivity index (χ3n) is 5.17. The lowest BCUT2D eigenvalue weighted by Gasteiger charge is -2.11. The molecule has 4 nitrogen and oxygen atoms in total. The van der Waals surface area contributed by atoms with Gasteiger partial charge in [-0.15, -0.1) is 0 Å². The molecule has 0 aliphatic rings. The molecule has 0 aliphatic heterocycles. The SMILES string of the molecule is CCCCCCc1nc2c(N)nc3ccccc3c2n1CCCCCSC. The number of anilines is 1. The highest BCUT2D eigenvalue weighted by molar-refractivity contribution is 7.98. The van der Waals surface area contributed by atoms with Crippen LogP contribution in [0.15, 0.2) is 24.3 Å². The Balaban J connectivity index is 1.94. The number of nitrogens with two attached hydrogens (primary N) is 1. The number of unbranched alkanes of at least 4 members (excludes halogenated alkanes) is 5. The van der Waals surface area contributed by atoms with Crippen LogP contribution in [0.2, 0.25) is 0 Å². The Kier molecular flexibility index (Phi) is 7.39. The smallest absolute Gasteiger partial charge is 0.152 e. The van der Waals surface area contributed by atoms with E-state index in [9.17, 15) is 0 Å². The topological polar surface area (TPSA) is 56.7 Å². The van der Waals surface area contributed by atoms with Gasteiger partial charge >= 0.3 is 0 Å². The first kappa shape index (κ1) is 20.0. The minimum Gasteiger partial charge on any atom is -0.382 e. The van der Waals surface area contributed by atoms with Gasteiger partial charge in [-0.25, -0.2) is 9.97 Å². The van der Waals surface area contributed by atoms with Gasteiger partial charge in [-0.05, 0) is 37.3 Å². The van der Waals surface area contributed by atoms with E-state index in [1.807, 2.05) is 23.9 Å². The van der Waals surface area contributed by atoms with Gasteiger partial charge in [-0.1, -0.05) is 50.8 Å². The molecule has 2 N–H and O–H groups in total. The summed E-state index contributed by atoms with van der Waals surface area (Å²) in [4.78, 5) is 9.53. The van der Waals surface area contributed by atoms with Crippen LogP contribution >= 0.6 is 11.8 Å². The number of para-hydroxylation sites is 1. The van der Waals surface area contributed by atoms with E-state index < -0.39 is 0 Å². The van der Waals surface area contributed by atoms with Crippen LogP contribution in [0.1, 0.15) is 57.7 Å². The summed E-state index contributed by atoms with van der Waals surface area (Å²) in [6, 6.07) is 8.30. The van der Waals surface area contributed by atoms with E-state index in [4.69, 9.17) is 10.7 Å². The molecule has 3 aromatic rings. The molecule has 5 heteroatoms. The lowest BCUT2D eigenvalue weighted by atomic mass is 10.1. The number of hydrogen-bond donors (Lipinski definition) is 1. The second-order valence-electron chi connectivity index (χ2n) is 7.26. The van der Waals surface area contributed by atoms with E-state index in [0.717, 1.165) is 29.4 Å². The second-order valence-corrected chi connectivity index (χ2v) is 8.24. The second kappa shape index (κ2) is 9.98. The third-order valence-corrected chi connectivity index (χ3v) is 5.87. The average Bonchev–Trinajstić information content (AvgIpc) is 3.05. The van der Waals surface area contributed by atoms with Crippen LogP contribution in [-0.2, 0) is 13.0 Å². The van der Waals surface area contributed by atoms with Crippen LogP contribution in [0.4, 0.5) is 5.82 Å². The fourth-order valence-electron chi connectivity index (χ4n) is 3.74. The normalized spacial score (nSPS) is 11.6. The summed E-state index contributed by atoms with van der Waals surface area (Å²) in [6.07, 6.45) is 11.9. The van der Waals surface area contributed by atoms with Gasteiger partial charge in [-0.3, -0.25) is 0 Å². The van der Waals surface area contributed by atoms with Gasteiger partial charge in [0.15, 0.2) is 5.82 Å². The molecule has 0 bridgehead atoms. The Bertz CT molecular complexity index is 871. The predicted molar refractivity (Wildman–Crippen MR) is 120 cm³/mol. The quantitative estimate of drug-likeness (QED) is 0.423. The zero-order valence-electron chi connectivity index (χ0n) is 16.7. The minimum atomic E-state index is 0.555. The zero-order chi connectivity index (χ0) is 19.1. The van der Waals surface area contributed by atoms with Gasteiger partial charge in [0.2, 0.25) is 0 Å². The number of aryl methyl sites for hydroxylation is 2. The van der Waals surface area contributed by atoms with Crippen molar-refractivity contribution in [2.75, 3.05) is 17.7 Å². The molecule has 0 unspecified atom stereocenters. The van der Waals surface area contributed by atoms with Crippen LogP contribution < -0.4 is 5.73 Å². The van der Waals surface area contributed by atoms with E-state index in [0.29, 0.717) is 5.82 Å². The number of fused-ring (bicyclic) bond motifs is 3. The molecule has 0 spiro atoms. The van der Waals surface area contributed by atoms with Crippen molar-refractivity contribution in [3.05, 3.63) is 30.1 Å². The molecule has 0 radical (unpaired) electrons. The Labute approximate surface area is 166 Å². The Morgan fingerprint density at radius 3 is 2.63 bits per heavy atom. The van der Waals surface area contributed by atoms with Crippen molar-refractivity contribution in [2.45, 2.75) is 64.8 Å². The zero-order valence-corrected chi connectivity index (χ0v) is 17.5. The molecule has 0 saturated heterocycles. The maximum Gasteiger partial charge on any atom is 0.152 e. The van der Waals surface area contributed by atoms with Crippen molar-refractivity contribution in [3.8, 4) is 0 Å². The Morgan fingerprint density at radius 1 is 1.00 bits per heavy atom. The fourth-order valence-corrected chi connectivity index (χ4v) is 4.23. The van der Waals surface area contributed by atoms with Crippen LogP contribution in [-0.4, -0.2) is 26.5 Å². The molecule has 3 rings (SSSR count). The number of imidazole rings is 1. The molecule has 0 saturated carbocycles. The first-order valence-corrected chi connectivity index (χ1v) is 11.7. The monoisotopic (exact) mass is 384 g/mol. The molecule has 27 heavy (non-hydrogen) atoms. The summed E-state index contributed by atoms with van der Waals surface area (Å²) in [5, 5.41) is 1.16. The van der Waals surface area contributed by atoms with Crippen LogP contribution in [0, 0.1) is 0 Å². The summed E-state index contributed by atoms with van der Waals surface area (Å²) in [5.41, 5.74) is 9.30. The van der Waals surface area contributed by atoms with Crippen molar-refractivity contribution >= 4 is 39.5 Å². The Morgan fingerprint density at radius 2 is 1.81 bits per heavy atom. The summed E-state index contributed by atoms with van der Waals surface area (Å²) < 4.78 is 2.43. The first-order chi connectivity index (χ1) is 13.3. The number of thioether (sulfide) groups is 1. The molecule has 0 amide bonds. The highest BCUT2D eigenvalue weighted by Crippen LogP contribution is 2.29. The molecule has 2 heterocycles. The first-order valence-electron chi connectivity index (χ1n) is 10.3. The van der Waals surface area contributed by atoms with E-state index >= 15 is 0 Å². The van der Waals surface area contributed by atoms with Gasteiger partial charge in [-0.2, -0.15) is 11.8 Å². The summed E-state index contributed by atoms with van der Waals surface area (Å²) in [5.74, 6) is 2.98. The molecular formula is C22H32N4S. The number of nitrogen functional groups attached to an aromatic ring is 1. The number of nitrogens with zero attached hydrogens (tertiary/aromatic N) is 3. The van der Waals surface area contributed by atoms with E-state index in [-0.39, 0.29) is 0 Å². The largest absolute Gasteiger partial charge is 0.382 e. The number of rotatable bonds is 11. The molecule has 1 aromatic carbocycles. The van der Waals surface area contributed by atoms with Crippen LogP contribution in [0.5, 0.6) is 0 Å². The maximum atomic E-state index is 6.29. The minimum absolute atomic E-state index is 0.555. The number of hydrogen-bond acceptors (Lipinski definition) is 4. The van der Waals surface area contributed by atoms with Gasteiger partial charge in [0, 0.05) is 18.4 Å². The van der Waals surface area contributed by atoms with E-state index in [2.05, 4.69) is 34.9 Å². The number of pyridine rings is 1. The summed E-state index contributed by atoms with van der Waals surface area (Å²) >= 11 is 1.93. The lowest BCUT2D eigenvalue weighted by Crippen LogP contribution is -2.05. The van der Waals surface area contributed by atoms with Gasteiger partial charge in [0.25, 0.3) is 0 Å². The molecule has 0 aliphatic carbocycles. The highest BCUT2D eigenvalue weighted by atomic mass is 32.2. The maximum absolute atomic E-state index is 6.29. The van der Waals surface area contributed by atoms with Gasteiger partial charge in [0.1, 0.15) is 11.3 Å². The van der Waals surface area contributed by atoms with E-state index in [1.165, 1.54) is 62.0 Å². The van der Waals surface area contributed by atoms with Gasteiger partial charge < -0.3 is 10.3 Å². The third kappa shape index (κ3) is 4.75. The van der Waals surface area contributed by atoms with Crippen molar-refractivity contribution in [1.29, 1.82) is 0 Å². The lowest BCUT2D eigenvalue weighted by molar-refractivity contribution is 0.576. The van der Waals surface area contributed by atoms with Crippen LogP contribution in [0.3, 0.4) is 0 Å².